The van der Waals surface area contributed by atoms with Crippen LogP contribution >= 0.6 is 12.2 Å². The summed E-state index contributed by atoms with van der Waals surface area (Å²) in [6.45, 7) is 6.32. The fraction of sp³-hybridized carbons (Fsp3) is 0.364. The summed E-state index contributed by atoms with van der Waals surface area (Å²) in [6.07, 6.45) is 1.73. The zero-order valence-electron chi connectivity index (χ0n) is 16.3. The molecule has 1 N–H and O–H groups in total. The molecule has 2 aliphatic heterocycles. The number of hydrogen-bond donors (Lipinski definition) is 1. The van der Waals surface area contributed by atoms with Gasteiger partial charge in [0.05, 0.1) is 18.2 Å². The van der Waals surface area contributed by atoms with Gasteiger partial charge < -0.3 is 14.8 Å². The van der Waals surface area contributed by atoms with E-state index in [1.54, 1.807) is 19.1 Å². The van der Waals surface area contributed by atoms with E-state index in [4.69, 9.17) is 21.7 Å². The predicted molar refractivity (Wildman–Crippen MR) is 113 cm³/mol. The Hall–Kier alpha value is -2.60. The third kappa shape index (κ3) is 3.11. The van der Waals surface area contributed by atoms with Crippen LogP contribution in [0, 0.1) is 0 Å². The molecule has 0 spiro atoms. The number of rotatable bonds is 4. The molecule has 2 bridgehead atoms. The van der Waals surface area contributed by atoms with E-state index >= 15 is 0 Å². The van der Waals surface area contributed by atoms with Gasteiger partial charge in [-0.1, -0.05) is 25.1 Å². The van der Waals surface area contributed by atoms with Gasteiger partial charge in [-0.2, -0.15) is 0 Å². The number of nitrogens with one attached hydrogen (secondary N) is 1. The third-order valence-corrected chi connectivity index (χ3v) is 5.66. The Morgan fingerprint density at radius 1 is 1.32 bits per heavy atom. The first-order valence-corrected chi connectivity index (χ1v) is 10.1. The Bertz CT molecular complexity index is 945. The van der Waals surface area contributed by atoms with Crippen LogP contribution in [0.3, 0.4) is 0 Å². The number of benzene rings is 2. The standard InChI is InChI=1S/C22H24N2O3S/c1-4-14-9-10-19-17(11-14)18-13-22(3,27-19)24(21(28)23-18)16-8-6-7-15(12-16)20(25)26-5-2/h6-12,18H,4-5,13H2,1-3H3,(H,23,28)/t18-,22+/m0/s1. The first kappa shape index (κ1) is 18.7. The van der Waals surface area contributed by atoms with Crippen LogP contribution in [0.15, 0.2) is 42.5 Å². The van der Waals surface area contributed by atoms with Gasteiger partial charge >= 0.3 is 5.97 Å². The number of esters is 1. The highest BCUT2D eigenvalue weighted by Gasteiger charge is 2.48. The van der Waals surface area contributed by atoms with Gasteiger partial charge in [-0.3, -0.25) is 4.90 Å². The molecule has 1 saturated heterocycles. The summed E-state index contributed by atoms with van der Waals surface area (Å²) in [6, 6.07) is 13.8. The normalized spacial score (nSPS) is 22.8. The molecule has 5 nitrogen and oxygen atoms in total. The van der Waals surface area contributed by atoms with E-state index in [1.165, 1.54) is 5.56 Å². The summed E-state index contributed by atoms with van der Waals surface area (Å²) in [5, 5.41) is 4.05. The first-order valence-electron chi connectivity index (χ1n) is 9.65. The maximum Gasteiger partial charge on any atom is 0.338 e. The zero-order chi connectivity index (χ0) is 19.9. The Morgan fingerprint density at radius 3 is 2.89 bits per heavy atom. The molecular weight excluding hydrogens is 372 g/mol. The molecule has 0 unspecified atom stereocenters. The van der Waals surface area contributed by atoms with Gasteiger partial charge in [0, 0.05) is 17.7 Å². The first-order chi connectivity index (χ1) is 13.4. The molecule has 0 aliphatic carbocycles. The average molecular weight is 397 g/mol. The summed E-state index contributed by atoms with van der Waals surface area (Å²) >= 11 is 5.70. The van der Waals surface area contributed by atoms with Crippen molar-refractivity contribution in [2.75, 3.05) is 11.5 Å². The van der Waals surface area contributed by atoms with Crippen molar-refractivity contribution in [1.29, 1.82) is 0 Å². The largest absolute Gasteiger partial charge is 0.467 e. The lowest BCUT2D eigenvalue weighted by atomic mass is 9.89. The molecule has 6 heteroatoms. The van der Waals surface area contributed by atoms with E-state index in [9.17, 15) is 4.79 Å². The molecule has 0 radical (unpaired) electrons. The Kier molecular flexibility index (Phi) is 4.75. The number of aryl methyl sites for hydroxylation is 1. The second-order valence-electron chi connectivity index (χ2n) is 7.32. The minimum atomic E-state index is -0.638. The summed E-state index contributed by atoms with van der Waals surface area (Å²) in [5.74, 6) is 0.530. The smallest absolute Gasteiger partial charge is 0.338 e. The van der Waals surface area contributed by atoms with E-state index in [0.29, 0.717) is 17.3 Å². The van der Waals surface area contributed by atoms with E-state index in [-0.39, 0.29) is 12.0 Å². The van der Waals surface area contributed by atoms with Crippen LogP contribution in [0.2, 0.25) is 0 Å². The predicted octanol–water partition coefficient (Wildman–Crippen LogP) is 4.36. The summed E-state index contributed by atoms with van der Waals surface area (Å²) in [5.41, 5.74) is 3.10. The fourth-order valence-electron chi connectivity index (χ4n) is 4.02. The molecule has 0 aromatic heterocycles. The molecular formula is C22H24N2O3S. The molecule has 2 aromatic rings. The number of hydrogen-bond acceptors (Lipinski definition) is 4. The van der Waals surface area contributed by atoms with Gasteiger partial charge in [0.15, 0.2) is 10.8 Å². The number of ether oxygens (including phenoxy) is 2. The topological polar surface area (TPSA) is 50.8 Å². The Morgan fingerprint density at radius 2 is 2.14 bits per heavy atom. The average Bonchev–Trinajstić information content (AvgIpc) is 2.67. The maximum absolute atomic E-state index is 12.2. The van der Waals surface area contributed by atoms with Gasteiger partial charge in [0.1, 0.15) is 5.75 Å². The van der Waals surface area contributed by atoms with Gasteiger partial charge in [-0.05, 0) is 62.3 Å². The number of thiocarbonyl (C=S) groups is 1. The van der Waals surface area contributed by atoms with Crippen molar-refractivity contribution < 1.29 is 14.3 Å². The SMILES string of the molecule is CCOC(=O)c1cccc(N2C(=S)N[C@H]3C[C@@]2(C)Oc2ccc(CC)cc23)c1. The second-order valence-corrected chi connectivity index (χ2v) is 7.70. The van der Waals surface area contributed by atoms with Crippen LogP contribution in [-0.2, 0) is 11.2 Å². The molecule has 28 heavy (non-hydrogen) atoms. The van der Waals surface area contributed by atoms with Crippen LogP contribution in [0.5, 0.6) is 5.75 Å². The van der Waals surface area contributed by atoms with Crippen LogP contribution in [0.1, 0.15) is 54.7 Å². The van der Waals surface area contributed by atoms with Crippen molar-refractivity contribution in [3.05, 3.63) is 59.2 Å². The Labute approximate surface area is 170 Å². The number of nitrogens with zero attached hydrogens (tertiary/aromatic N) is 1. The van der Waals surface area contributed by atoms with E-state index in [0.717, 1.165) is 29.8 Å². The lowest BCUT2D eigenvalue weighted by Gasteiger charge is -2.52. The van der Waals surface area contributed by atoms with Gasteiger partial charge in [0.25, 0.3) is 0 Å². The van der Waals surface area contributed by atoms with E-state index < -0.39 is 5.72 Å². The van der Waals surface area contributed by atoms with Gasteiger partial charge in [0.2, 0.25) is 0 Å². The summed E-state index contributed by atoms with van der Waals surface area (Å²) in [4.78, 5) is 14.1. The van der Waals surface area contributed by atoms with Crippen molar-refractivity contribution in [2.45, 2.75) is 45.4 Å². The highest BCUT2D eigenvalue weighted by Crippen LogP contribution is 2.46. The molecule has 2 heterocycles. The molecule has 2 aromatic carbocycles. The summed E-state index contributed by atoms with van der Waals surface area (Å²) in [7, 11) is 0. The van der Waals surface area contributed by atoms with Gasteiger partial charge in [-0.15, -0.1) is 0 Å². The van der Waals surface area contributed by atoms with Crippen molar-refractivity contribution in [1.82, 2.24) is 5.32 Å². The lowest BCUT2D eigenvalue weighted by Crippen LogP contribution is -2.65. The molecule has 1 fully saturated rings. The molecule has 0 saturated carbocycles. The summed E-state index contributed by atoms with van der Waals surface area (Å²) < 4.78 is 11.6. The van der Waals surface area contributed by atoms with Crippen LogP contribution in [-0.4, -0.2) is 23.4 Å². The number of carbonyl (C=O) groups is 1. The van der Waals surface area contributed by atoms with Crippen LogP contribution in [0.4, 0.5) is 5.69 Å². The zero-order valence-corrected chi connectivity index (χ0v) is 17.1. The molecule has 2 aliphatic rings. The fourth-order valence-corrected chi connectivity index (χ4v) is 4.46. The lowest BCUT2D eigenvalue weighted by molar-refractivity contribution is 0.0490. The van der Waals surface area contributed by atoms with Crippen molar-refractivity contribution in [3.8, 4) is 5.75 Å². The number of carbonyl (C=O) groups excluding carboxylic acids is 1. The molecule has 0 amide bonds. The quantitative estimate of drug-likeness (QED) is 0.612. The second kappa shape index (κ2) is 7.09. The third-order valence-electron chi connectivity index (χ3n) is 5.36. The molecule has 146 valence electrons. The minimum Gasteiger partial charge on any atom is -0.467 e. The van der Waals surface area contributed by atoms with Gasteiger partial charge in [-0.25, -0.2) is 4.79 Å². The van der Waals surface area contributed by atoms with E-state index in [2.05, 4.69) is 24.4 Å². The van der Waals surface area contributed by atoms with Crippen molar-refractivity contribution in [3.63, 3.8) is 0 Å². The molecule has 4 rings (SSSR count). The van der Waals surface area contributed by atoms with Crippen LogP contribution < -0.4 is 15.0 Å². The van der Waals surface area contributed by atoms with E-state index in [1.807, 2.05) is 30.0 Å². The molecule has 2 atom stereocenters. The van der Waals surface area contributed by atoms with Crippen LogP contribution in [0.25, 0.3) is 0 Å². The minimum absolute atomic E-state index is 0.109. The highest BCUT2D eigenvalue weighted by atomic mass is 32.1. The highest BCUT2D eigenvalue weighted by molar-refractivity contribution is 7.80. The Balaban J connectivity index is 1.72. The monoisotopic (exact) mass is 396 g/mol. The number of fused-ring (bicyclic) bond motifs is 4. The maximum atomic E-state index is 12.2. The van der Waals surface area contributed by atoms with Crippen molar-refractivity contribution in [2.24, 2.45) is 0 Å². The number of anilines is 1. The van der Waals surface area contributed by atoms with Crippen molar-refractivity contribution >= 4 is 29.0 Å².